The Morgan fingerprint density at radius 2 is 0.315 bits per heavy atom. The molecule has 0 aromatic rings. The van der Waals surface area contributed by atoms with Gasteiger partial charge in [-0.25, -0.2) is 71.5 Å². The van der Waals surface area contributed by atoms with Gasteiger partial charge in [0.15, 0.2) is 18.5 Å². The van der Waals surface area contributed by atoms with E-state index in [0.717, 1.165) is 0 Å². The summed E-state index contributed by atoms with van der Waals surface area (Å²) in [5, 5.41) is 0. The minimum atomic E-state index is -6.53. The molecule has 2 aliphatic rings. The molecule has 2 rings (SSSR count). The fourth-order valence-corrected chi connectivity index (χ4v) is 7.59. The van der Waals surface area contributed by atoms with Gasteiger partial charge in [0.05, 0.1) is 13.2 Å². The first kappa shape index (κ1) is 410. The minimum absolute atomic E-state index is 0. The Bertz CT molecular complexity index is 2340. The van der Waals surface area contributed by atoms with Crippen molar-refractivity contribution < 1.29 is 370 Å². The molecular formula is C12H54Al16O75S8. The molecule has 648 valence electrons. The van der Waals surface area contributed by atoms with Gasteiger partial charge in [0, 0.05) is 0 Å². The molecule has 40 N–H and O–H groups in total. The van der Waals surface area contributed by atoms with E-state index in [-0.39, 0.29) is 497 Å². The summed E-state index contributed by atoms with van der Waals surface area (Å²) >= 11 is 0. The zero-order chi connectivity index (χ0) is 43.0. The zero-order valence-electron chi connectivity index (χ0n) is 51.9. The largest absolute Gasteiger partial charge is 3.00 e. The van der Waals surface area contributed by atoms with Gasteiger partial charge in [-0.1, -0.05) is 0 Å². The van der Waals surface area contributed by atoms with Crippen molar-refractivity contribution >= 4 is 361 Å². The van der Waals surface area contributed by atoms with Gasteiger partial charge in [-0.15, -0.1) is 0 Å². The average molecular weight is 2090 g/mol. The minimum Gasteiger partial charge on any atom is -0.870 e. The predicted molar refractivity (Wildman–Crippen MR) is 307 cm³/mol. The van der Waals surface area contributed by atoms with Crippen LogP contribution in [-0.2, 0) is 131 Å². The Balaban J connectivity index is -0.0000000106. The van der Waals surface area contributed by atoms with E-state index in [1.807, 2.05) is 0 Å². The van der Waals surface area contributed by atoms with Gasteiger partial charge in [-0.2, -0.15) is 0 Å². The second kappa shape index (κ2) is 163. The van der Waals surface area contributed by atoms with E-state index in [2.05, 4.69) is 38.2 Å². The molecule has 111 heavy (non-hydrogen) atoms. The van der Waals surface area contributed by atoms with Crippen molar-refractivity contribution in [3.05, 3.63) is 0 Å². The summed E-state index contributed by atoms with van der Waals surface area (Å²) < 4.78 is 319. The second-order valence-corrected chi connectivity index (χ2v) is 17.6. The number of ether oxygens (including phenoxy) is 3. The van der Waals surface area contributed by atoms with Crippen LogP contribution in [0.2, 0.25) is 0 Å². The van der Waals surface area contributed by atoms with Crippen molar-refractivity contribution in [1.82, 2.24) is 0 Å². The summed E-state index contributed by atoms with van der Waals surface area (Å²) in [6.45, 7) is -4.19. The predicted octanol–water partition coefficient (Wildman–Crippen LogP) is -22.7. The van der Waals surface area contributed by atoms with Crippen LogP contribution in [0.1, 0.15) is 0 Å². The molecule has 0 spiro atoms. The summed E-state index contributed by atoms with van der Waals surface area (Å²) in [5.74, 6) is 0. The Morgan fingerprint density at radius 3 is 0.486 bits per heavy atom. The number of hydrogen-bond donors (Lipinski definition) is 0. The molecule has 75 nitrogen and oxygen atoms in total. The molecule has 0 aliphatic carbocycles. The molecule has 2 heterocycles. The third-order valence-electron chi connectivity index (χ3n) is 5.58. The molecular weight excluding hydrogens is 2030 g/mol. The van der Waals surface area contributed by atoms with Crippen molar-refractivity contribution in [3.8, 4) is 0 Å². The molecule has 0 unspecified atom stereocenters. The molecule has 0 bridgehead atoms. The van der Waals surface area contributed by atoms with Crippen LogP contribution in [0.5, 0.6) is 0 Å². The summed E-state index contributed by atoms with van der Waals surface area (Å²) in [7, 11) is -50.8. The van der Waals surface area contributed by atoms with Crippen LogP contribution in [0.15, 0.2) is 0 Å². The Kier molecular flexibility index (Phi) is 602. The van der Waals surface area contributed by atoms with Crippen LogP contribution in [0.3, 0.4) is 0 Å². The van der Waals surface area contributed by atoms with Crippen molar-refractivity contribution in [2.45, 2.75) is 61.4 Å². The van der Waals surface area contributed by atoms with Gasteiger partial charge in [-0.3, -0.25) is 29.3 Å². The van der Waals surface area contributed by atoms with Crippen molar-refractivity contribution in [1.29, 1.82) is 0 Å². The van der Waals surface area contributed by atoms with Crippen molar-refractivity contribution in [3.63, 3.8) is 0 Å². The van der Waals surface area contributed by atoms with E-state index in [9.17, 15) is 104 Å². The summed E-state index contributed by atoms with van der Waals surface area (Å²) in [5.41, 5.74) is 0. The maximum atomic E-state index is 11.7. The summed E-state index contributed by atoms with van der Waals surface area (Å²) in [6, 6.07) is 0. The SMILES string of the molecule is O=S(=O)([O-])OC[C@H]1O[C@@H](O[C@H]2[C@H](OS(=O)(=O)[O-])[C@@H](OS(=O)(=O)[O-])[C@H](OS(=O)(=O)[O-])O[C@@H]2COS(=O)(=O)[O-])[C@H](OS(=O)(=O)[O-])[C@@H](OS(=O)(=O)[O-])[C@H]1OS(=O)(=O)[O-].[Al+3].[Al+3].[Al+3].[Al+3].[Al+3].[Al+3].[Al+3].[Al+3].[Al+3].[Al+3].[Al+3].[Al+3].[Al+3].[Al+3].[Al+3].[Al+3].[OH-].[OH-].[OH-].[OH-].[OH-].[OH-].[OH-].[OH-].[OH-].[OH-].[OH-].[OH-].[OH-].[OH-].[OH-].[OH-].[OH-].[OH-].[OH-].[OH-].[OH-].[OH-].[OH-].[OH-].[OH-].[OH-].[OH-].[OH-].[OH-].[OH-].[OH-].[OH-].[OH-].[OH-].[OH-].[OH-].[OH-].[OH-].[OH-].[OH-]. The first-order chi connectivity index (χ1) is 24.2. The van der Waals surface area contributed by atoms with Gasteiger partial charge >= 0.3 is 278 Å². The van der Waals surface area contributed by atoms with Gasteiger partial charge in [-0.05, 0) is 0 Å². The quantitative estimate of drug-likeness (QED) is 0.0620. The summed E-state index contributed by atoms with van der Waals surface area (Å²) in [6.07, 6.45) is -34.0. The smallest absolute Gasteiger partial charge is 0.870 e. The van der Waals surface area contributed by atoms with Gasteiger partial charge in [0.1, 0.15) is 36.6 Å². The van der Waals surface area contributed by atoms with Crippen LogP contribution < -0.4 is 0 Å². The fraction of sp³-hybridized carbons (Fsp3) is 1.00. The first-order valence-electron chi connectivity index (χ1n) is 12.2. The van der Waals surface area contributed by atoms with Crippen LogP contribution in [0, 0.1) is 0 Å². The van der Waals surface area contributed by atoms with E-state index in [4.69, 9.17) is 9.47 Å². The maximum absolute atomic E-state index is 11.7. The van der Waals surface area contributed by atoms with Crippen molar-refractivity contribution in [2.75, 3.05) is 13.2 Å². The van der Waals surface area contributed by atoms with Crippen LogP contribution >= 0.6 is 0 Å². The molecule has 10 atom stereocenters. The molecule has 2 saturated heterocycles. The van der Waals surface area contributed by atoms with Gasteiger partial charge in [0.25, 0.3) is 0 Å². The second-order valence-electron chi connectivity index (χ2n) is 9.42. The Hall–Kier alpha value is 5.76. The van der Waals surface area contributed by atoms with Crippen LogP contribution in [0.4, 0.5) is 0 Å². The van der Waals surface area contributed by atoms with Crippen molar-refractivity contribution in [2.24, 2.45) is 0 Å². The molecule has 99 heteroatoms. The zero-order valence-corrected chi connectivity index (χ0v) is 76.9. The van der Waals surface area contributed by atoms with E-state index in [1.54, 1.807) is 0 Å². The van der Waals surface area contributed by atoms with E-state index >= 15 is 0 Å². The monoisotopic (exact) mass is 2090 g/mol. The normalized spacial score (nSPS) is 15.3. The molecule has 2 fully saturated rings. The Morgan fingerprint density at radius 1 is 0.180 bits per heavy atom. The van der Waals surface area contributed by atoms with E-state index in [1.165, 1.54) is 0 Å². The maximum Gasteiger partial charge on any atom is 3.00 e. The summed E-state index contributed by atoms with van der Waals surface area (Å²) in [4.78, 5) is 0. The fourth-order valence-electron chi connectivity index (χ4n) is 4.17. The molecule has 0 radical (unpaired) electrons. The van der Waals surface area contributed by atoms with Crippen LogP contribution in [0.25, 0.3) is 0 Å². The molecule has 0 aromatic carbocycles. The number of hydrogen-bond acceptors (Lipinski definition) is 75. The standard InChI is InChI=1S/C12H22O35S8.16Al.40H2O/c13-48(14,15)37-1-3-5(7(43-51(22,23)24)10(46-54(31,32)33)12(40-3)47-55(34,35)36)41-11-9(45-53(28,29)30)8(44-52(25,26)27)6(42-50(19,20)21)4(39-11)2-38-49(16,17)18;;;;;;;;;;;;;;;;;;;;;;;;;;;;;;;;;;;;;;;;;;;;;;;;;;;;;;;;/h3-12H,1-2H2,(H,13,14,15)(H,16,17,18)(H,19,20,21)(H,22,23,24)(H,25,26,27)(H,28,29,30)(H,31,32,33)(H,34,35,36);;;;;;;;;;;;;;;;;40*1H2/q;16*+3;;;;;;;;;;;;;;;;;;;;;;;;;;;;;;;;;;;;;;;;/p-48/t3-,4-,5-,6+,7+,8+,9-,10-,11+,12+;;;;;;;;;;;;;;;;;;;;;;;;;;;;;;;;;;;;;;;;;;;;;;;;;;;;;;;;/m1......................................................../s1. The molecule has 2 aliphatic heterocycles. The van der Waals surface area contributed by atoms with Gasteiger partial charge in [0.2, 0.25) is 89.5 Å². The first-order valence-corrected chi connectivity index (χ1v) is 22.9. The third kappa shape index (κ3) is 178. The average Bonchev–Trinajstić information content (AvgIpc) is 2.88. The molecule has 0 aromatic heterocycles. The number of rotatable bonds is 20. The van der Waals surface area contributed by atoms with Crippen LogP contribution in [-0.4, -0.2) is 675 Å². The van der Waals surface area contributed by atoms with E-state index < -0.39 is 158 Å². The third-order valence-corrected chi connectivity index (χ3v) is 9.15. The molecule has 0 amide bonds. The van der Waals surface area contributed by atoms with Gasteiger partial charge < -0.3 is 270 Å². The molecule has 0 saturated carbocycles. The van der Waals surface area contributed by atoms with E-state index in [0.29, 0.717) is 0 Å². The topological polar surface area (TPSA) is 1760 Å². The Labute approximate surface area is 797 Å².